The molecule has 2 heterocycles. The van der Waals surface area contributed by atoms with Crippen LogP contribution in [0.5, 0.6) is 0 Å². The molecule has 120 valence electrons. The van der Waals surface area contributed by atoms with Gasteiger partial charge in [0.05, 0.1) is 17.3 Å². The molecule has 0 saturated carbocycles. The highest BCUT2D eigenvalue weighted by Gasteiger charge is 2.16. The first-order valence-corrected chi connectivity index (χ1v) is 8.09. The van der Waals surface area contributed by atoms with Crippen molar-refractivity contribution in [3.05, 3.63) is 46.1 Å². The van der Waals surface area contributed by atoms with Gasteiger partial charge in [-0.2, -0.15) is 5.26 Å². The Morgan fingerprint density at radius 3 is 2.75 bits per heavy atom. The molecule has 1 aromatic carbocycles. The van der Waals surface area contributed by atoms with E-state index in [9.17, 15) is 14.4 Å². The highest BCUT2D eigenvalue weighted by molar-refractivity contribution is 7.98. The van der Waals surface area contributed by atoms with E-state index in [0.717, 1.165) is 6.07 Å². The zero-order valence-electron chi connectivity index (χ0n) is 12.9. The molecule has 24 heavy (non-hydrogen) atoms. The van der Waals surface area contributed by atoms with Crippen LogP contribution in [0, 0.1) is 17.1 Å². The fourth-order valence-corrected chi connectivity index (χ4v) is 2.76. The zero-order chi connectivity index (χ0) is 17.4. The fraction of sp³-hybridized carbons (Fsp3) is 0.125. The van der Waals surface area contributed by atoms with Crippen LogP contribution in [0.25, 0.3) is 22.2 Å². The van der Waals surface area contributed by atoms with Gasteiger partial charge in [-0.15, -0.1) is 0 Å². The first-order valence-electron chi connectivity index (χ1n) is 6.86. The average molecular weight is 341 g/mol. The number of hydrogen-bond acceptors (Lipinski definition) is 6. The minimum Gasteiger partial charge on any atom is -0.396 e. The number of benzene rings is 1. The normalized spacial score (nSPS) is 10.8. The summed E-state index contributed by atoms with van der Waals surface area (Å²) in [5.74, 6) is -0.694. The molecule has 0 fully saturated rings. The van der Waals surface area contributed by atoms with Gasteiger partial charge in [0.25, 0.3) is 5.56 Å². The van der Waals surface area contributed by atoms with Gasteiger partial charge in [-0.1, -0.05) is 11.8 Å². The number of thioether (sulfide) groups is 1. The third-order valence-corrected chi connectivity index (χ3v) is 4.22. The molecule has 3 rings (SSSR count). The molecule has 0 aliphatic heterocycles. The number of pyridine rings is 1. The molecule has 0 aliphatic rings. The summed E-state index contributed by atoms with van der Waals surface area (Å²) < 4.78 is 15.0. The summed E-state index contributed by atoms with van der Waals surface area (Å²) in [4.78, 5) is 21.2. The quantitative estimate of drug-likeness (QED) is 0.436. The maximum Gasteiger partial charge on any atom is 0.259 e. The molecule has 0 bridgehead atoms. The molecule has 8 heteroatoms. The topological polar surface area (TPSA) is 97.6 Å². The Morgan fingerprint density at radius 1 is 1.33 bits per heavy atom. The number of aromatic nitrogens is 3. The predicted octanol–water partition coefficient (Wildman–Crippen LogP) is 2.31. The van der Waals surface area contributed by atoms with Crippen molar-refractivity contribution in [2.24, 2.45) is 7.05 Å². The molecule has 0 unspecified atom stereocenters. The molecule has 0 aliphatic carbocycles. The number of halogens is 1. The number of anilines is 1. The van der Waals surface area contributed by atoms with Crippen LogP contribution in [-0.4, -0.2) is 20.8 Å². The Bertz CT molecular complexity index is 1070. The minimum absolute atomic E-state index is 0.0415. The maximum atomic E-state index is 13.6. The lowest BCUT2D eigenvalue weighted by Gasteiger charge is -2.10. The first-order chi connectivity index (χ1) is 11.5. The Balaban J connectivity index is 2.37. The van der Waals surface area contributed by atoms with E-state index < -0.39 is 5.82 Å². The van der Waals surface area contributed by atoms with Gasteiger partial charge in [-0.3, -0.25) is 9.36 Å². The van der Waals surface area contributed by atoms with Crippen molar-refractivity contribution in [1.82, 2.24) is 14.5 Å². The van der Waals surface area contributed by atoms with Gasteiger partial charge in [-0.05, 0) is 24.5 Å². The van der Waals surface area contributed by atoms with Crippen molar-refractivity contribution >= 4 is 28.5 Å². The number of nitrogen functional groups attached to an aromatic ring is 1. The van der Waals surface area contributed by atoms with Crippen molar-refractivity contribution in [2.45, 2.75) is 5.16 Å². The van der Waals surface area contributed by atoms with E-state index in [4.69, 9.17) is 5.73 Å². The van der Waals surface area contributed by atoms with E-state index in [0.29, 0.717) is 16.2 Å². The number of rotatable bonds is 2. The summed E-state index contributed by atoms with van der Waals surface area (Å²) in [6.07, 6.45) is 3.45. The molecule has 0 radical (unpaired) electrons. The van der Waals surface area contributed by atoms with Crippen molar-refractivity contribution in [2.75, 3.05) is 12.0 Å². The van der Waals surface area contributed by atoms with Crippen molar-refractivity contribution in [3.8, 4) is 17.2 Å². The van der Waals surface area contributed by atoms with Crippen LogP contribution in [0.2, 0.25) is 0 Å². The number of nitriles is 1. The number of fused-ring (bicyclic) bond motifs is 1. The summed E-state index contributed by atoms with van der Waals surface area (Å²) in [6.45, 7) is 0. The van der Waals surface area contributed by atoms with Crippen LogP contribution >= 0.6 is 11.8 Å². The summed E-state index contributed by atoms with van der Waals surface area (Å²) in [5, 5.41) is 10.4. The van der Waals surface area contributed by atoms with Gasteiger partial charge in [-0.25, -0.2) is 14.4 Å². The molecule has 6 nitrogen and oxygen atoms in total. The Labute approximate surface area is 140 Å². The number of nitrogens with two attached hydrogens (primary N) is 1. The molecule has 0 spiro atoms. The summed E-state index contributed by atoms with van der Waals surface area (Å²) in [6, 6.07) is 5.82. The summed E-state index contributed by atoms with van der Waals surface area (Å²) in [7, 11) is 1.59. The van der Waals surface area contributed by atoms with Gasteiger partial charge < -0.3 is 5.73 Å². The largest absolute Gasteiger partial charge is 0.396 e. The molecule has 3 aromatic rings. The second kappa shape index (κ2) is 5.94. The van der Waals surface area contributed by atoms with E-state index in [1.165, 1.54) is 22.4 Å². The van der Waals surface area contributed by atoms with Crippen LogP contribution in [0.4, 0.5) is 10.1 Å². The highest BCUT2D eigenvalue weighted by Crippen LogP contribution is 2.27. The summed E-state index contributed by atoms with van der Waals surface area (Å²) in [5.41, 5.74) is 6.18. The molecular formula is C16H12FN5OS. The average Bonchev–Trinajstić information content (AvgIpc) is 2.59. The first kappa shape index (κ1) is 16.0. The van der Waals surface area contributed by atoms with E-state index >= 15 is 0 Å². The lowest BCUT2D eigenvalue weighted by Crippen LogP contribution is -2.20. The lowest BCUT2D eigenvalue weighted by molar-refractivity contribution is 0.632. The van der Waals surface area contributed by atoms with Crippen LogP contribution < -0.4 is 11.3 Å². The number of hydrogen-bond donors (Lipinski definition) is 1. The molecule has 0 amide bonds. The third-order valence-electron chi connectivity index (χ3n) is 3.66. The second-order valence-corrected chi connectivity index (χ2v) is 5.86. The molecule has 0 atom stereocenters. The minimum atomic E-state index is -0.694. The van der Waals surface area contributed by atoms with Gasteiger partial charge in [0, 0.05) is 29.8 Å². The van der Waals surface area contributed by atoms with Crippen molar-refractivity contribution in [1.29, 1.82) is 5.26 Å². The van der Waals surface area contributed by atoms with Crippen LogP contribution in [0.3, 0.4) is 0 Å². The van der Waals surface area contributed by atoms with Crippen LogP contribution in [0.15, 0.2) is 34.3 Å². The molecule has 2 aromatic heterocycles. The molecular weight excluding hydrogens is 329 g/mol. The molecule has 2 N–H and O–H groups in total. The Morgan fingerprint density at radius 2 is 2.08 bits per heavy atom. The smallest absolute Gasteiger partial charge is 0.259 e. The van der Waals surface area contributed by atoms with Gasteiger partial charge in [0.1, 0.15) is 11.5 Å². The zero-order valence-corrected chi connectivity index (χ0v) is 13.7. The van der Waals surface area contributed by atoms with E-state index in [2.05, 4.69) is 9.97 Å². The highest BCUT2D eigenvalue weighted by atomic mass is 32.2. The molecule has 0 saturated heterocycles. The lowest BCUT2D eigenvalue weighted by atomic mass is 9.99. The van der Waals surface area contributed by atoms with E-state index in [1.807, 2.05) is 12.3 Å². The monoisotopic (exact) mass is 341 g/mol. The van der Waals surface area contributed by atoms with Gasteiger partial charge >= 0.3 is 0 Å². The number of aryl methyl sites for hydroxylation is 1. The SMILES string of the molecule is CSc1ncc2cc(-c3cc(N)c(F)cc3C#N)c(=O)n(C)c2n1. The number of nitrogens with zero attached hydrogens (tertiary/aromatic N) is 4. The third kappa shape index (κ3) is 2.49. The van der Waals surface area contributed by atoms with Crippen molar-refractivity contribution in [3.63, 3.8) is 0 Å². The standard InChI is InChI=1S/C16H12FN5OS/c1-22-14-9(7-20-16(21-14)24-2)3-11(15(22)23)10-5-13(19)12(17)4-8(10)6-18/h3-5,7H,19H2,1-2H3. The maximum absolute atomic E-state index is 13.6. The van der Waals surface area contributed by atoms with E-state index in [-0.39, 0.29) is 27.9 Å². The van der Waals surface area contributed by atoms with E-state index in [1.54, 1.807) is 19.3 Å². The van der Waals surface area contributed by atoms with Crippen molar-refractivity contribution < 1.29 is 4.39 Å². The Hall–Kier alpha value is -2.92. The van der Waals surface area contributed by atoms with Crippen LogP contribution in [0.1, 0.15) is 5.56 Å². The Kier molecular flexibility index (Phi) is 3.95. The van der Waals surface area contributed by atoms with Gasteiger partial charge in [0.15, 0.2) is 5.16 Å². The second-order valence-electron chi connectivity index (χ2n) is 5.09. The van der Waals surface area contributed by atoms with Crippen LogP contribution in [-0.2, 0) is 7.05 Å². The van der Waals surface area contributed by atoms with Gasteiger partial charge in [0.2, 0.25) is 0 Å². The summed E-state index contributed by atoms with van der Waals surface area (Å²) >= 11 is 1.37. The fourth-order valence-electron chi connectivity index (χ4n) is 2.43. The predicted molar refractivity (Wildman–Crippen MR) is 91.1 cm³/mol.